The van der Waals surface area contributed by atoms with Crippen LogP contribution >= 0.6 is 11.3 Å². The van der Waals surface area contributed by atoms with Crippen LogP contribution in [0.2, 0.25) is 0 Å². The summed E-state index contributed by atoms with van der Waals surface area (Å²) < 4.78 is 8.44. The van der Waals surface area contributed by atoms with Crippen molar-refractivity contribution < 1.29 is 9.53 Å². The smallest absolute Gasteiger partial charge is 0.257 e. The lowest BCUT2D eigenvalue weighted by molar-refractivity contribution is 0.102. The summed E-state index contributed by atoms with van der Waals surface area (Å²) >= 11 is 1.45. The van der Waals surface area contributed by atoms with Crippen LogP contribution in [0.4, 0.5) is 5.13 Å². The van der Waals surface area contributed by atoms with E-state index in [9.17, 15) is 4.79 Å². The van der Waals surface area contributed by atoms with Crippen molar-refractivity contribution in [1.29, 1.82) is 0 Å². The van der Waals surface area contributed by atoms with Gasteiger partial charge in [-0.15, -0.1) is 5.10 Å². The van der Waals surface area contributed by atoms with Crippen molar-refractivity contribution in [3.05, 3.63) is 59.4 Å². The van der Waals surface area contributed by atoms with Gasteiger partial charge in [-0.3, -0.25) is 10.1 Å². The number of anilines is 1. The number of nitrogens with zero attached hydrogens (tertiary/aromatic N) is 5. The Morgan fingerprint density at radius 2 is 2.14 bits per heavy atom. The Labute approximate surface area is 165 Å². The fourth-order valence-corrected chi connectivity index (χ4v) is 3.66. The number of nitrogens with one attached hydrogen (secondary N) is 1. The van der Waals surface area contributed by atoms with Crippen LogP contribution < -0.4 is 10.1 Å². The predicted molar refractivity (Wildman–Crippen MR) is 107 cm³/mol. The SMILES string of the molecule is CCn1nnnc1COc1cccc(C(=O)Nc2nc3ccc(C)cc3s2)c1. The maximum atomic E-state index is 12.6. The zero-order chi connectivity index (χ0) is 19.5. The first-order valence-corrected chi connectivity index (χ1v) is 9.60. The third-order valence-corrected chi connectivity index (χ3v) is 5.07. The van der Waals surface area contributed by atoms with Crippen molar-refractivity contribution in [2.24, 2.45) is 0 Å². The minimum Gasteiger partial charge on any atom is -0.486 e. The Hall–Kier alpha value is -3.33. The number of amides is 1. The van der Waals surface area contributed by atoms with Crippen LogP contribution in [0.25, 0.3) is 10.2 Å². The molecule has 142 valence electrons. The summed E-state index contributed by atoms with van der Waals surface area (Å²) in [7, 11) is 0. The molecule has 28 heavy (non-hydrogen) atoms. The van der Waals surface area contributed by atoms with Gasteiger partial charge in [0.25, 0.3) is 5.91 Å². The van der Waals surface area contributed by atoms with Crippen molar-refractivity contribution >= 4 is 32.6 Å². The molecule has 0 aliphatic carbocycles. The molecule has 0 fully saturated rings. The summed E-state index contributed by atoms with van der Waals surface area (Å²) in [5, 5.41) is 14.9. The average Bonchev–Trinajstić information content (AvgIpc) is 3.32. The normalized spacial score (nSPS) is 10.9. The maximum absolute atomic E-state index is 12.6. The van der Waals surface area contributed by atoms with Gasteiger partial charge in [-0.1, -0.05) is 23.5 Å². The molecule has 0 spiro atoms. The van der Waals surface area contributed by atoms with Gasteiger partial charge in [-0.2, -0.15) is 0 Å². The number of fused-ring (bicyclic) bond motifs is 1. The molecule has 2 aromatic carbocycles. The van der Waals surface area contributed by atoms with E-state index in [0.717, 1.165) is 15.8 Å². The molecule has 0 bridgehead atoms. The number of ether oxygens (including phenoxy) is 1. The fraction of sp³-hybridized carbons (Fsp3) is 0.211. The van der Waals surface area contributed by atoms with Crippen molar-refractivity contribution in [3.63, 3.8) is 0 Å². The van der Waals surface area contributed by atoms with Crippen molar-refractivity contribution in [1.82, 2.24) is 25.2 Å². The second kappa shape index (κ2) is 7.73. The number of aryl methyl sites for hydroxylation is 2. The number of aromatic nitrogens is 5. The quantitative estimate of drug-likeness (QED) is 0.538. The van der Waals surface area contributed by atoms with E-state index in [0.29, 0.717) is 28.8 Å². The third kappa shape index (κ3) is 3.84. The predicted octanol–water partition coefficient (Wildman–Crippen LogP) is 3.44. The number of rotatable bonds is 6. The van der Waals surface area contributed by atoms with Crippen molar-refractivity contribution in [2.45, 2.75) is 27.0 Å². The number of thiazole rings is 1. The van der Waals surface area contributed by atoms with Gasteiger partial charge in [0.1, 0.15) is 12.4 Å². The van der Waals surface area contributed by atoms with E-state index in [1.165, 1.54) is 11.3 Å². The second-order valence-corrected chi connectivity index (χ2v) is 7.20. The number of hydrogen-bond acceptors (Lipinski definition) is 7. The first-order valence-electron chi connectivity index (χ1n) is 8.79. The summed E-state index contributed by atoms with van der Waals surface area (Å²) in [5.41, 5.74) is 2.52. The van der Waals surface area contributed by atoms with E-state index in [1.807, 2.05) is 26.0 Å². The average molecular weight is 394 g/mol. The van der Waals surface area contributed by atoms with E-state index in [4.69, 9.17) is 4.74 Å². The molecule has 8 nitrogen and oxygen atoms in total. The molecule has 2 aromatic heterocycles. The van der Waals surface area contributed by atoms with E-state index in [-0.39, 0.29) is 12.5 Å². The van der Waals surface area contributed by atoms with Crippen molar-refractivity contribution in [2.75, 3.05) is 5.32 Å². The Balaban J connectivity index is 1.46. The standard InChI is InChI=1S/C19H18N6O2S/c1-3-25-17(22-23-24-25)11-27-14-6-4-5-13(10-14)18(26)21-19-20-15-8-7-12(2)9-16(15)28-19/h4-10H,3,11H2,1-2H3,(H,20,21,26). The van der Waals surface area contributed by atoms with Crippen LogP contribution in [0.1, 0.15) is 28.7 Å². The molecule has 4 aromatic rings. The summed E-state index contributed by atoms with van der Waals surface area (Å²) in [4.78, 5) is 17.1. The molecule has 1 amide bonds. The third-order valence-electron chi connectivity index (χ3n) is 4.13. The van der Waals surface area contributed by atoms with Gasteiger partial charge in [0, 0.05) is 12.1 Å². The largest absolute Gasteiger partial charge is 0.486 e. The second-order valence-electron chi connectivity index (χ2n) is 6.17. The lowest BCUT2D eigenvalue weighted by Gasteiger charge is -2.07. The molecule has 0 aliphatic heterocycles. The molecule has 1 N–H and O–H groups in total. The highest BCUT2D eigenvalue weighted by Crippen LogP contribution is 2.27. The van der Waals surface area contributed by atoms with Crippen LogP contribution in [-0.2, 0) is 13.2 Å². The fourth-order valence-electron chi connectivity index (χ4n) is 2.70. The molecular formula is C19H18N6O2S. The molecular weight excluding hydrogens is 376 g/mol. The van der Waals surface area contributed by atoms with Crippen LogP contribution in [0.15, 0.2) is 42.5 Å². The minimum absolute atomic E-state index is 0.225. The van der Waals surface area contributed by atoms with Crippen LogP contribution in [0, 0.1) is 6.92 Å². The van der Waals surface area contributed by atoms with E-state index in [2.05, 4.69) is 31.9 Å². The Bertz CT molecular complexity index is 1140. The van der Waals surface area contributed by atoms with E-state index < -0.39 is 0 Å². The molecule has 0 atom stereocenters. The van der Waals surface area contributed by atoms with Crippen LogP contribution in [0.3, 0.4) is 0 Å². The van der Waals surface area contributed by atoms with Crippen LogP contribution in [-0.4, -0.2) is 31.1 Å². The number of carbonyl (C=O) groups is 1. The first kappa shape index (κ1) is 18.1. The molecule has 0 radical (unpaired) electrons. The van der Waals surface area contributed by atoms with Crippen molar-refractivity contribution in [3.8, 4) is 5.75 Å². The lowest BCUT2D eigenvalue weighted by Crippen LogP contribution is -2.12. The first-order chi connectivity index (χ1) is 13.6. The summed E-state index contributed by atoms with van der Waals surface area (Å²) in [6.07, 6.45) is 0. The monoisotopic (exact) mass is 394 g/mol. The van der Waals surface area contributed by atoms with E-state index in [1.54, 1.807) is 28.9 Å². The lowest BCUT2D eigenvalue weighted by atomic mass is 10.2. The number of carbonyl (C=O) groups excluding carboxylic acids is 1. The Kier molecular flexibility index (Phi) is 4.98. The Morgan fingerprint density at radius 1 is 1.25 bits per heavy atom. The van der Waals surface area contributed by atoms with Gasteiger partial charge in [-0.25, -0.2) is 9.67 Å². The molecule has 2 heterocycles. The van der Waals surface area contributed by atoms with E-state index >= 15 is 0 Å². The minimum atomic E-state index is -0.236. The molecule has 0 saturated heterocycles. The summed E-state index contributed by atoms with van der Waals surface area (Å²) in [5.74, 6) is 0.958. The molecule has 4 rings (SSSR count). The maximum Gasteiger partial charge on any atom is 0.257 e. The molecule has 0 unspecified atom stereocenters. The zero-order valence-electron chi connectivity index (χ0n) is 15.4. The highest BCUT2D eigenvalue weighted by Gasteiger charge is 2.12. The zero-order valence-corrected chi connectivity index (χ0v) is 16.2. The van der Waals surface area contributed by atoms with Gasteiger partial charge < -0.3 is 4.74 Å². The summed E-state index contributed by atoms with van der Waals surface area (Å²) in [6, 6.07) is 13.0. The number of hydrogen-bond donors (Lipinski definition) is 1. The molecule has 0 aliphatic rings. The molecule has 9 heteroatoms. The topological polar surface area (TPSA) is 94.8 Å². The highest BCUT2D eigenvalue weighted by molar-refractivity contribution is 7.22. The highest BCUT2D eigenvalue weighted by atomic mass is 32.1. The van der Waals surface area contributed by atoms with Gasteiger partial charge in [0.15, 0.2) is 11.0 Å². The number of tetrazole rings is 1. The Morgan fingerprint density at radius 3 is 3.00 bits per heavy atom. The van der Waals surface area contributed by atoms with Crippen LogP contribution in [0.5, 0.6) is 5.75 Å². The number of benzene rings is 2. The molecule has 0 saturated carbocycles. The van der Waals surface area contributed by atoms with Gasteiger partial charge in [0.2, 0.25) is 0 Å². The van der Waals surface area contributed by atoms with Gasteiger partial charge in [0.05, 0.1) is 10.2 Å². The van der Waals surface area contributed by atoms with Gasteiger partial charge in [-0.05, 0) is 60.2 Å². The summed E-state index contributed by atoms with van der Waals surface area (Å²) in [6.45, 7) is 4.87. The van der Waals surface area contributed by atoms with Gasteiger partial charge >= 0.3 is 0 Å².